The van der Waals surface area contributed by atoms with Gasteiger partial charge in [-0.2, -0.15) is 5.10 Å². The molecule has 7 nitrogen and oxygen atoms in total. The van der Waals surface area contributed by atoms with Crippen LogP contribution in [0.3, 0.4) is 0 Å². The summed E-state index contributed by atoms with van der Waals surface area (Å²) in [5.74, 6) is -1.21. The van der Waals surface area contributed by atoms with Crippen LogP contribution in [-0.2, 0) is 16.0 Å². The van der Waals surface area contributed by atoms with Crippen LogP contribution in [-0.4, -0.2) is 39.4 Å². The largest absolute Gasteiger partial charge is 0.480 e. The second kappa shape index (κ2) is 8.19. The minimum atomic E-state index is -1.13. The first kappa shape index (κ1) is 19.8. The van der Waals surface area contributed by atoms with E-state index in [9.17, 15) is 14.7 Å². The first-order valence-electron chi connectivity index (χ1n) is 10.4. The van der Waals surface area contributed by atoms with Gasteiger partial charge in [0.15, 0.2) is 0 Å². The van der Waals surface area contributed by atoms with Crippen molar-refractivity contribution in [2.75, 3.05) is 6.61 Å². The molecule has 2 aromatic heterocycles. The number of nitrogens with zero attached hydrogens (tertiary/aromatic N) is 2. The smallest absolute Gasteiger partial charge is 0.407 e. The van der Waals surface area contributed by atoms with Gasteiger partial charge < -0.3 is 15.2 Å². The van der Waals surface area contributed by atoms with Crippen LogP contribution in [0.2, 0.25) is 0 Å². The van der Waals surface area contributed by atoms with Crippen molar-refractivity contribution < 1.29 is 19.4 Å². The number of ether oxygens (including phenoxy) is 1. The molecule has 4 aromatic rings. The number of amides is 1. The van der Waals surface area contributed by atoms with Gasteiger partial charge in [0.05, 0.1) is 5.52 Å². The Labute approximate surface area is 184 Å². The fourth-order valence-electron chi connectivity index (χ4n) is 4.30. The highest BCUT2D eigenvalue weighted by atomic mass is 16.5. The minimum absolute atomic E-state index is 0.0846. The number of fused-ring (bicyclic) bond motifs is 4. The van der Waals surface area contributed by atoms with Crippen LogP contribution in [0, 0.1) is 0 Å². The van der Waals surface area contributed by atoms with Gasteiger partial charge in [0.2, 0.25) is 0 Å². The Balaban J connectivity index is 1.27. The van der Waals surface area contributed by atoms with Crippen molar-refractivity contribution in [1.82, 2.24) is 14.9 Å². The maximum Gasteiger partial charge on any atom is 0.407 e. The molecule has 0 spiro atoms. The third-order valence-electron chi connectivity index (χ3n) is 5.83. The first-order chi connectivity index (χ1) is 15.6. The third-order valence-corrected chi connectivity index (χ3v) is 5.83. The quantitative estimate of drug-likeness (QED) is 0.487. The van der Waals surface area contributed by atoms with Crippen LogP contribution in [0.25, 0.3) is 16.6 Å². The number of aliphatic carboxylic acids is 1. The summed E-state index contributed by atoms with van der Waals surface area (Å²) in [4.78, 5) is 24.2. The number of rotatable bonds is 6. The molecule has 32 heavy (non-hydrogen) atoms. The van der Waals surface area contributed by atoms with E-state index in [-0.39, 0.29) is 18.9 Å². The number of benzene rings is 2. The van der Waals surface area contributed by atoms with Crippen molar-refractivity contribution in [2.24, 2.45) is 0 Å². The number of carbonyl (C=O) groups is 2. The Hall–Kier alpha value is -4.13. The Morgan fingerprint density at radius 2 is 1.69 bits per heavy atom. The van der Waals surface area contributed by atoms with Crippen LogP contribution < -0.4 is 5.32 Å². The highest BCUT2D eigenvalue weighted by Gasteiger charge is 2.29. The number of nitrogens with one attached hydrogen (secondary N) is 1. The summed E-state index contributed by atoms with van der Waals surface area (Å²) < 4.78 is 7.15. The van der Waals surface area contributed by atoms with E-state index in [0.29, 0.717) is 0 Å². The zero-order valence-electron chi connectivity index (χ0n) is 17.1. The summed E-state index contributed by atoms with van der Waals surface area (Å²) >= 11 is 0. The lowest BCUT2D eigenvalue weighted by molar-refractivity contribution is -0.139. The first-order valence-corrected chi connectivity index (χ1v) is 10.4. The number of alkyl carbamates (subject to hydrolysis) is 1. The number of hydrogen-bond acceptors (Lipinski definition) is 4. The Morgan fingerprint density at radius 1 is 1.00 bits per heavy atom. The van der Waals surface area contributed by atoms with Crippen molar-refractivity contribution in [3.8, 4) is 11.1 Å². The van der Waals surface area contributed by atoms with E-state index >= 15 is 0 Å². The maximum atomic E-state index is 12.5. The normalized spacial score (nSPS) is 13.4. The molecular formula is C25H21N3O4. The monoisotopic (exact) mass is 427 g/mol. The number of hydrogen-bond donors (Lipinski definition) is 2. The predicted octanol–water partition coefficient (Wildman–Crippen LogP) is 3.87. The van der Waals surface area contributed by atoms with E-state index in [0.717, 1.165) is 33.3 Å². The van der Waals surface area contributed by atoms with Crippen molar-refractivity contribution in [3.05, 3.63) is 95.8 Å². The number of aromatic nitrogens is 2. The average molecular weight is 427 g/mol. The molecule has 1 aliphatic carbocycles. The molecule has 0 aliphatic heterocycles. The summed E-state index contributed by atoms with van der Waals surface area (Å²) in [7, 11) is 0. The molecule has 1 atom stereocenters. The van der Waals surface area contributed by atoms with Crippen molar-refractivity contribution in [1.29, 1.82) is 0 Å². The molecule has 0 fully saturated rings. The molecule has 5 rings (SSSR count). The van der Waals surface area contributed by atoms with Gasteiger partial charge in [0.1, 0.15) is 12.6 Å². The Bertz CT molecular complexity index is 1270. The van der Waals surface area contributed by atoms with Crippen molar-refractivity contribution >= 4 is 17.6 Å². The van der Waals surface area contributed by atoms with Gasteiger partial charge >= 0.3 is 12.1 Å². The molecule has 1 aliphatic rings. The molecule has 0 bridgehead atoms. The van der Waals surface area contributed by atoms with Gasteiger partial charge in [0.25, 0.3) is 0 Å². The number of carboxylic acids is 1. The third kappa shape index (κ3) is 3.69. The van der Waals surface area contributed by atoms with E-state index in [1.54, 1.807) is 16.9 Å². The standard InChI is InChI=1S/C25H21N3O4/c29-24(30)23(13-16-9-10-17-11-12-26-28(17)14-16)27-25(31)32-15-22-20-7-3-1-5-18(20)19-6-2-4-8-21(19)22/h1-12,14,22-23H,13,15H2,(H,27,31)(H,29,30)/t23-/m0/s1. The molecule has 0 saturated carbocycles. The molecule has 2 heterocycles. The second-order valence-corrected chi connectivity index (χ2v) is 7.80. The Kier molecular flexibility index (Phi) is 5.07. The molecule has 0 saturated heterocycles. The molecular weight excluding hydrogens is 406 g/mol. The second-order valence-electron chi connectivity index (χ2n) is 7.80. The zero-order chi connectivity index (χ0) is 22.1. The van der Waals surface area contributed by atoms with E-state index < -0.39 is 18.1 Å². The van der Waals surface area contributed by atoms with Crippen molar-refractivity contribution in [2.45, 2.75) is 18.4 Å². The molecule has 160 valence electrons. The molecule has 2 N–H and O–H groups in total. The van der Waals surface area contributed by atoms with E-state index in [4.69, 9.17) is 4.74 Å². The minimum Gasteiger partial charge on any atom is -0.480 e. The van der Waals surface area contributed by atoms with Crippen molar-refractivity contribution in [3.63, 3.8) is 0 Å². The van der Waals surface area contributed by atoms with Gasteiger partial charge in [-0.1, -0.05) is 54.6 Å². The van der Waals surface area contributed by atoms with Crippen LogP contribution in [0.15, 0.2) is 79.1 Å². The average Bonchev–Trinajstić information content (AvgIpc) is 3.39. The summed E-state index contributed by atoms with van der Waals surface area (Å²) in [5, 5.41) is 16.3. The lowest BCUT2D eigenvalue weighted by Crippen LogP contribution is -2.43. The summed E-state index contributed by atoms with van der Waals surface area (Å²) in [5.41, 5.74) is 6.12. The highest BCUT2D eigenvalue weighted by molar-refractivity contribution is 5.81. The number of carbonyl (C=O) groups excluding carboxylic acids is 1. The van der Waals surface area contributed by atoms with Gasteiger partial charge in [-0.15, -0.1) is 0 Å². The molecule has 7 heteroatoms. The lowest BCUT2D eigenvalue weighted by atomic mass is 9.98. The van der Waals surface area contributed by atoms with Gasteiger partial charge in [-0.25, -0.2) is 14.1 Å². The molecule has 0 unspecified atom stereocenters. The Morgan fingerprint density at radius 3 is 2.38 bits per heavy atom. The highest BCUT2D eigenvalue weighted by Crippen LogP contribution is 2.44. The molecule has 0 radical (unpaired) electrons. The topological polar surface area (TPSA) is 92.9 Å². The lowest BCUT2D eigenvalue weighted by Gasteiger charge is -2.17. The van der Waals surface area contributed by atoms with Crippen LogP contribution in [0.5, 0.6) is 0 Å². The van der Waals surface area contributed by atoms with Gasteiger partial charge in [0, 0.05) is 24.7 Å². The van der Waals surface area contributed by atoms with Gasteiger partial charge in [-0.05, 0) is 39.9 Å². The fraction of sp³-hybridized carbons (Fsp3) is 0.160. The molecule has 1 amide bonds. The van der Waals surface area contributed by atoms with E-state index in [2.05, 4.69) is 22.5 Å². The number of pyridine rings is 1. The maximum absolute atomic E-state index is 12.5. The van der Waals surface area contributed by atoms with Crippen LogP contribution in [0.1, 0.15) is 22.6 Å². The predicted molar refractivity (Wildman–Crippen MR) is 119 cm³/mol. The van der Waals surface area contributed by atoms with Crippen LogP contribution >= 0.6 is 0 Å². The van der Waals surface area contributed by atoms with E-state index in [1.165, 1.54) is 0 Å². The van der Waals surface area contributed by atoms with E-state index in [1.807, 2.05) is 54.6 Å². The number of carboxylic acid groups (broad SMARTS) is 1. The fourth-order valence-corrected chi connectivity index (χ4v) is 4.30. The summed E-state index contributed by atoms with van der Waals surface area (Å²) in [6.07, 6.45) is 2.79. The van der Waals surface area contributed by atoms with Gasteiger partial charge in [-0.3, -0.25) is 0 Å². The summed E-state index contributed by atoms with van der Waals surface area (Å²) in [6, 6.07) is 20.5. The van der Waals surface area contributed by atoms with Crippen LogP contribution in [0.4, 0.5) is 4.79 Å². The SMILES string of the molecule is O=C(N[C@@H](Cc1ccc2ccnn2c1)C(=O)O)OCC1c2ccccc2-c2ccccc21. The molecule has 2 aromatic carbocycles. The summed E-state index contributed by atoms with van der Waals surface area (Å²) in [6.45, 7) is 0.130. The zero-order valence-corrected chi connectivity index (χ0v) is 17.1.